The van der Waals surface area contributed by atoms with E-state index in [0.717, 1.165) is 36.8 Å². The topological polar surface area (TPSA) is 57.6 Å². The van der Waals surface area contributed by atoms with E-state index < -0.39 is 5.82 Å². The number of benzene rings is 1. The molecule has 190 valence electrons. The Labute approximate surface area is 220 Å². The zero-order valence-electron chi connectivity index (χ0n) is 20.6. The molecule has 10 heteroatoms. The van der Waals surface area contributed by atoms with Gasteiger partial charge >= 0.3 is 0 Å². The van der Waals surface area contributed by atoms with E-state index in [9.17, 15) is 4.39 Å². The fourth-order valence-corrected chi connectivity index (χ4v) is 5.22. The highest BCUT2D eigenvalue weighted by Gasteiger charge is 2.31. The molecule has 0 bridgehead atoms. The van der Waals surface area contributed by atoms with E-state index in [1.165, 1.54) is 6.07 Å². The van der Waals surface area contributed by atoms with Crippen molar-refractivity contribution in [3.8, 4) is 11.3 Å². The Morgan fingerprint density at radius 3 is 2.58 bits per heavy atom. The van der Waals surface area contributed by atoms with Crippen LogP contribution in [0.25, 0.3) is 11.3 Å². The number of nitrogens with zero attached hydrogens (tertiary/aromatic N) is 6. The molecule has 2 fully saturated rings. The van der Waals surface area contributed by atoms with Crippen LogP contribution in [0, 0.1) is 5.82 Å². The van der Waals surface area contributed by atoms with Crippen LogP contribution in [-0.2, 0) is 4.74 Å². The molecule has 0 N–H and O–H groups in total. The van der Waals surface area contributed by atoms with Gasteiger partial charge in [0.05, 0.1) is 27.9 Å². The lowest BCUT2D eigenvalue weighted by atomic mass is 10.1. The van der Waals surface area contributed by atoms with Crippen LogP contribution in [0.15, 0.2) is 42.6 Å². The smallest absolute Gasteiger partial charge is 0.228 e. The molecule has 2 aliphatic rings. The third kappa shape index (κ3) is 5.21. The van der Waals surface area contributed by atoms with E-state index in [-0.39, 0.29) is 16.7 Å². The summed E-state index contributed by atoms with van der Waals surface area (Å²) in [5.41, 5.74) is 1.13. The van der Waals surface area contributed by atoms with Crippen LogP contribution in [-0.4, -0.2) is 65.9 Å². The van der Waals surface area contributed by atoms with Gasteiger partial charge in [0, 0.05) is 56.6 Å². The first kappa shape index (κ1) is 25.0. The number of anilines is 3. The van der Waals surface area contributed by atoms with E-state index >= 15 is 0 Å². The first-order chi connectivity index (χ1) is 17.2. The molecule has 2 aliphatic heterocycles. The summed E-state index contributed by atoms with van der Waals surface area (Å²) in [7, 11) is 0. The maximum Gasteiger partial charge on any atom is 0.228 e. The Morgan fingerprint density at radius 2 is 1.86 bits per heavy atom. The minimum atomic E-state index is -0.456. The molecule has 2 saturated heterocycles. The Balaban J connectivity index is 1.49. The van der Waals surface area contributed by atoms with Crippen molar-refractivity contribution < 1.29 is 9.13 Å². The highest BCUT2D eigenvalue weighted by Crippen LogP contribution is 2.32. The predicted molar refractivity (Wildman–Crippen MR) is 143 cm³/mol. The molecular formula is C26H29Cl2FN6O. The Bertz CT molecular complexity index is 1260. The van der Waals surface area contributed by atoms with Crippen LogP contribution in [0.4, 0.5) is 22.0 Å². The number of pyridine rings is 1. The molecule has 0 unspecified atom stereocenters. The van der Waals surface area contributed by atoms with Crippen molar-refractivity contribution in [1.82, 2.24) is 15.0 Å². The Kier molecular flexibility index (Phi) is 6.94. The van der Waals surface area contributed by atoms with E-state index in [2.05, 4.69) is 40.5 Å². The maximum atomic E-state index is 13.9. The summed E-state index contributed by atoms with van der Waals surface area (Å²) in [6.07, 6.45) is 1.76. The average Bonchev–Trinajstić information content (AvgIpc) is 2.85. The lowest BCUT2D eigenvalue weighted by Crippen LogP contribution is -2.53. The monoisotopic (exact) mass is 530 g/mol. The van der Waals surface area contributed by atoms with Gasteiger partial charge in [-0.15, -0.1) is 0 Å². The lowest BCUT2D eigenvalue weighted by Gasteiger charge is -2.42. The standard InChI is InChI=1S/C26H29Cl2FN6O/c1-17-15-33(24-19(27)5-4-8-30-24)9-10-35(17)23-14-22(18-6-7-21(29)20(28)13-18)31-25(32-23)34-11-12-36-26(2,3)16-34/h4-8,13-14,17H,9-12,15-16H2,1-3H3/t17-/m1/s1. The number of aromatic nitrogens is 3. The van der Waals surface area contributed by atoms with E-state index in [1.807, 2.05) is 18.2 Å². The summed E-state index contributed by atoms with van der Waals surface area (Å²) >= 11 is 12.5. The third-order valence-electron chi connectivity index (χ3n) is 6.59. The average molecular weight is 531 g/mol. The van der Waals surface area contributed by atoms with Crippen molar-refractivity contribution >= 4 is 40.8 Å². The van der Waals surface area contributed by atoms with Gasteiger partial charge in [-0.25, -0.2) is 14.4 Å². The summed E-state index contributed by atoms with van der Waals surface area (Å²) in [5.74, 6) is 1.79. The van der Waals surface area contributed by atoms with E-state index in [4.69, 9.17) is 37.9 Å². The molecule has 2 aromatic heterocycles. The van der Waals surface area contributed by atoms with Gasteiger partial charge in [-0.3, -0.25) is 0 Å². The van der Waals surface area contributed by atoms with Crippen molar-refractivity contribution in [3.63, 3.8) is 0 Å². The molecule has 4 heterocycles. The van der Waals surface area contributed by atoms with Crippen molar-refractivity contribution in [2.24, 2.45) is 0 Å². The number of morpholine rings is 1. The van der Waals surface area contributed by atoms with E-state index in [0.29, 0.717) is 36.4 Å². The van der Waals surface area contributed by atoms with Crippen LogP contribution in [0.5, 0.6) is 0 Å². The minimum Gasteiger partial charge on any atom is -0.372 e. The molecule has 0 spiro atoms. The number of piperazine rings is 1. The highest BCUT2D eigenvalue weighted by atomic mass is 35.5. The summed E-state index contributed by atoms with van der Waals surface area (Å²) in [4.78, 5) is 21.0. The number of rotatable bonds is 4. The fourth-order valence-electron chi connectivity index (χ4n) is 4.80. The maximum absolute atomic E-state index is 13.9. The van der Waals surface area contributed by atoms with Crippen LogP contribution in [0.3, 0.4) is 0 Å². The quantitative estimate of drug-likeness (QED) is 0.452. The van der Waals surface area contributed by atoms with Gasteiger partial charge in [0.15, 0.2) is 0 Å². The van der Waals surface area contributed by atoms with Crippen molar-refractivity contribution in [3.05, 3.63) is 58.5 Å². The van der Waals surface area contributed by atoms with Crippen molar-refractivity contribution in [1.29, 1.82) is 0 Å². The predicted octanol–water partition coefficient (Wildman–Crippen LogP) is 5.31. The molecule has 1 aromatic carbocycles. The van der Waals surface area contributed by atoms with Crippen LogP contribution in [0.1, 0.15) is 20.8 Å². The van der Waals surface area contributed by atoms with Gasteiger partial charge in [-0.1, -0.05) is 23.2 Å². The minimum absolute atomic E-state index is 0.0657. The molecular weight excluding hydrogens is 502 g/mol. The number of halogens is 3. The van der Waals surface area contributed by atoms with E-state index in [1.54, 1.807) is 18.3 Å². The normalized spacial score (nSPS) is 20.1. The van der Waals surface area contributed by atoms with Gasteiger partial charge in [-0.2, -0.15) is 4.98 Å². The summed E-state index contributed by atoms with van der Waals surface area (Å²) < 4.78 is 19.8. The molecule has 0 saturated carbocycles. The molecule has 7 nitrogen and oxygen atoms in total. The molecule has 0 radical (unpaired) electrons. The first-order valence-corrected chi connectivity index (χ1v) is 12.8. The zero-order valence-corrected chi connectivity index (χ0v) is 22.1. The molecule has 0 aliphatic carbocycles. The first-order valence-electron chi connectivity index (χ1n) is 12.1. The van der Waals surface area contributed by atoms with Gasteiger partial charge in [-0.05, 0) is 51.1 Å². The highest BCUT2D eigenvalue weighted by molar-refractivity contribution is 6.33. The number of hydrogen-bond acceptors (Lipinski definition) is 7. The second kappa shape index (κ2) is 10.00. The largest absolute Gasteiger partial charge is 0.372 e. The Morgan fingerprint density at radius 1 is 1.03 bits per heavy atom. The summed E-state index contributed by atoms with van der Waals surface area (Å²) in [5, 5.41) is 0.712. The summed E-state index contributed by atoms with van der Waals surface area (Å²) in [6, 6.07) is 10.5. The van der Waals surface area contributed by atoms with Gasteiger partial charge < -0.3 is 19.4 Å². The van der Waals surface area contributed by atoms with Crippen LogP contribution in [0.2, 0.25) is 10.0 Å². The number of hydrogen-bond donors (Lipinski definition) is 0. The molecule has 5 rings (SSSR count). The van der Waals surface area contributed by atoms with Crippen molar-refractivity contribution in [2.75, 3.05) is 54.0 Å². The molecule has 1 atom stereocenters. The third-order valence-corrected chi connectivity index (χ3v) is 7.17. The lowest BCUT2D eigenvalue weighted by molar-refractivity contribution is -0.0281. The molecule has 36 heavy (non-hydrogen) atoms. The second-order valence-electron chi connectivity index (χ2n) is 9.87. The fraction of sp³-hybridized carbons (Fsp3) is 0.423. The number of ether oxygens (including phenoxy) is 1. The summed E-state index contributed by atoms with van der Waals surface area (Å²) in [6.45, 7) is 10.5. The Hall–Kier alpha value is -2.68. The van der Waals surface area contributed by atoms with Gasteiger partial charge in [0.1, 0.15) is 17.5 Å². The van der Waals surface area contributed by atoms with Gasteiger partial charge in [0.2, 0.25) is 5.95 Å². The van der Waals surface area contributed by atoms with Crippen LogP contribution >= 0.6 is 23.2 Å². The molecule has 3 aromatic rings. The van der Waals surface area contributed by atoms with Crippen molar-refractivity contribution in [2.45, 2.75) is 32.4 Å². The molecule has 0 amide bonds. The van der Waals surface area contributed by atoms with Gasteiger partial charge in [0.25, 0.3) is 0 Å². The zero-order chi connectivity index (χ0) is 25.4. The van der Waals surface area contributed by atoms with Crippen LogP contribution < -0.4 is 14.7 Å². The second-order valence-corrected chi connectivity index (χ2v) is 10.7. The SMILES string of the molecule is C[C@@H]1CN(c2ncccc2Cl)CCN1c1cc(-c2ccc(F)c(Cl)c2)nc(N2CCOC(C)(C)C2)n1.